The first kappa shape index (κ1) is 19.4. The van der Waals surface area contributed by atoms with Gasteiger partial charge < -0.3 is 14.2 Å². The summed E-state index contributed by atoms with van der Waals surface area (Å²) in [5, 5.41) is 1.15. The number of aliphatic imine (C=N–C) groups is 1. The van der Waals surface area contributed by atoms with Crippen molar-refractivity contribution >= 4 is 20.1 Å². The molecule has 0 saturated heterocycles. The molecule has 0 aliphatic heterocycles. The first-order valence-electron chi connectivity index (χ1n) is 8.12. The van der Waals surface area contributed by atoms with Crippen molar-refractivity contribution < 1.29 is 14.2 Å². The molecule has 2 aromatic rings. The molecule has 0 aliphatic rings. The molecule has 0 fully saturated rings. The van der Waals surface area contributed by atoms with Crippen LogP contribution in [-0.4, -0.2) is 34.3 Å². The molecule has 2 rings (SSSR count). The van der Waals surface area contributed by atoms with E-state index in [-0.39, 0.29) is 11.9 Å². The minimum atomic E-state index is -0.130. The normalized spacial score (nSPS) is 12.2. The Bertz CT molecular complexity index is 729. The molecule has 0 N–H and O–H groups in total. The van der Waals surface area contributed by atoms with Gasteiger partial charge in [-0.3, -0.25) is 4.99 Å². The van der Waals surface area contributed by atoms with Crippen LogP contribution in [0.15, 0.2) is 47.5 Å². The maximum absolute atomic E-state index is 5.84. The highest BCUT2D eigenvalue weighted by Crippen LogP contribution is 2.47. The Labute approximate surface area is 152 Å². The van der Waals surface area contributed by atoms with Crippen LogP contribution in [0.4, 0.5) is 0 Å². The molecule has 1 atom stereocenters. The SMILES string of the molecule is C/N=C/c1ccccc1PC(C)(C)c1cccc(OC)c1OCOC. The lowest BCUT2D eigenvalue weighted by Gasteiger charge is -2.29. The maximum atomic E-state index is 5.84. The molecule has 4 nitrogen and oxygen atoms in total. The van der Waals surface area contributed by atoms with Gasteiger partial charge in [0.05, 0.1) is 7.11 Å². The second kappa shape index (κ2) is 8.98. The van der Waals surface area contributed by atoms with E-state index >= 15 is 0 Å². The van der Waals surface area contributed by atoms with E-state index in [4.69, 9.17) is 14.2 Å². The van der Waals surface area contributed by atoms with Crippen molar-refractivity contribution in [1.29, 1.82) is 0 Å². The summed E-state index contributed by atoms with van der Waals surface area (Å²) < 4.78 is 16.4. The predicted molar refractivity (Wildman–Crippen MR) is 106 cm³/mol. The van der Waals surface area contributed by atoms with Crippen LogP contribution in [0.1, 0.15) is 25.0 Å². The molecule has 0 heterocycles. The molecule has 1 unspecified atom stereocenters. The number of hydrogen-bond donors (Lipinski definition) is 0. The van der Waals surface area contributed by atoms with E-state index in [9.17, 15) is 0 Å². The molecule has 0 amide bonds. The zero-order chi connectivity index (χ0) is 18.3. The first-order valence-corrected chi connectivity index (χ1v) is 9.12. The third kappa shape index (κ3) is 4.81. The summed E-state index contributed by atoms with van der Waals surface area (Å²) >= 11 is 0. The lowest BCUT2D eigenvalue weighted by molar-refractivity contribution is 0.0481. The monoisotopic (exact) mass is 359 g/mol. The Balaban J connectivity index is 2.42. The second-order valence-corrected chi connectivity index (χ2v) is 8.15. The van der Waals surface area contributed by atoms with E-state index in [1.807, 2.05) is 24.4 Å². The molecular weight excluding hydrogens is 333 g/mol. The highest BCUT2D eigenvalue weighted by atomic mass is 31.1. The number of benzene rings is 2. The highest BCUT2D eigenvalue weighted by molar-refractivity contribution is 7.48. The van der Waals surface area contributed by atoms with Gasteiger partial charge in [0.15, 0.2) is 18.3 Å². The Kier molecular flexibility index (Phi) is 6.98. The van der Waals surface area contributed by atoms with Crippen LogP contribution in [0.25, 0.3) is 0 Å². The minimum Gasteiger partial charge on any atom is -0.493 e. The summed E-state index contributed by atoms with van der Waals surface area (Å²) in [5.74, 6) is 1.46. The van der Waals surface area contributed by atoms with Crippen LogP contribution < -0.4 is 14.8 Å². The lowest BCUT2D eigenvalue weighted by Crippen LogP contribution is -2.19. The quantitative estimate of drug-likeness (QED) is 0.407. The fraction of sp³-hybridized carbons (Fsp3) is 0.350. The first-order chi connectivity index (χ1) is 12.0. The van der Waals surface area contributed by atoms with E-state index in [1.165, 1.54) is 5.30 Å². The molecule has 134 valence electrons. The zero-order valence-electron chi connectivity index (χ0n) is 15.5. The van der Waals surface area contributed by atoms with Crippen molar-refractivity contribution in [2.45, 2.75) is 19.0 Å². The van der Waals surface area contributed by atoms with Gasteiger partial charge in [-0.1, -0.05) is 58.8 Å². The number of para-hydroxylation sites is 1. The number of ether oxygens (including phenoxy) is 3. The molecule has 0 spiro atoms. The fourth-order valence-electron chi connectivity index (χ4n) is 2.70. The van der Waals surface area contributed by atoms with Gasteiger partial charge in [-0.15, -0.1) is 0 Å². The average Bonchev–Trinajstić information content (AvgIpc) is 2.61. The van der Waals surface area contributed by atoms with Crippen LogP contribution in [0.2, 0.25) is 0 Å². The Hall–Kier alpha value is -1.90. The van der Waals surface area contributed by atoms with E-state index in [0.717, 1.165) is 22.6 Å². The van der Waals surface area contributed by atoms with E-state index in [1.54, 1.807) is 21.3 Å². The van der Waals surface area contributed by atoms with Gasteiger partial charge >= 0.3 is 0 Å². The minimum absolute atomic E-state index is 0.130. The third-order valence-electron chi connectivity index (χ3n) is 3.87. The summed E-state index contributed by atoms with van der Waals surface area (Å²) in [6.07, 6.45) is 1.91. The number of rotatable bonds is 8. The average molecular weight is 359 g/mol. The summed E-state index contributed by atoms with van der Waals surface area (Å²) in [7, 11) is 5.61. The van der Waals surface area contributed by atoms with Gasteiger partial charge in [-0.25, -0.2) is 0 Å². The van der Waals surface area contributed by atoms with Crippen LogP contribution in [0.5, 0.6) is 11.5 Å². The van der Waals surface area contributed by atoms with Crippen LogP contribution in [0, 0.1) is 0 Å². The van der Waals surface area contributed by atoms with Crippen molar-refractivity contribution in [3.63, 3.8) is 0 Å². The van der Waals surface area contributed by atoms with E-state index < -0.39 is 0 Å². The standard InChI is InChI=1S/C20H26NO3P/c1-20(2,25-18-12-7-6-9-15(18)13-21-3)16-10-8-11-17(23-5)19(16)24-14-22-4/h6-13,25H,14H2,1-5H3/b21-13+. The molecule has 2 aromatic carbocycles. The van der Waals surface area contributed by atoms with Crippen LogP contribution in [-0.2, 0) is 9.89 Å². The lowest BCUT2D eigenvalue weighted by atomic mass is 10.0. The Morgan fingerprint density at radius 1 is 1.08 bits per heavy atom. The van der Waals surface area contributed by atoms with Crippen molar-refractivity contribution in [2.75, 3.05) is 28.1 Å². The Morgan fingerprint density at radius 3 is 2.52 bits per heavy atom. The van der Waals surface area contributed by atoms with Gasteiger partial charge in [-0.05, 0) is 16.9 Å². The largest absolute Gasteiger partial charge is 0.493 e. The molecule has 25 heavy (non-hydrogen) atoms. The van der Waals surface area contributed by atoms with Crippen molar-refractivity contribution in [3.05, 3.63) is 53.6 Å². The number of hydrogen-bond acceptors (Lipinski definition) is 4. The number of methoxy groups -OCH3 is 2. The molecule has 0 aromatic heterocycles. The van der Waals surface area contributed by atoms with Gasteiger partial charge in [0.25, 0.3) is 0 Å². The van der Waals surface area contributed by atoms with Gasteiger partial charge in [0, 0.05) is 31.1 Å². The van der Waals surface area contributed by atoms with Crippen molar-refractivity contribution in [3.8, 4) is 11.5 Å². The topological polar surface area (TPSA) is 40.0 Å². The maximum Gasteiger partial charge on any atom is 0.188 e. The van der Waals surface area contributed by atoms with E-state index in [2.05, 4.69) is 43.1 Å². The van der Waals surface area contributed by atoms with Gasteiger partial charge in [0.1, 0.15) is 0 Å². The highest BCUT2D eigenvalue weighted by Gasteiger charge is 2.28. The summed E-state index contributed by atoms with van der Waals surface area (Å²) in [5.41, 5.74) is 2.25. The summed E-state index contributed by atoms with van der Waals surface area (Å²) in [6, 6.07) is 14.4. The molecule has 0 saturated carbocycles. The van der Waals surface area contributed by atoms with Crippen molar-refractivity contribution in [2.24, 2.45) is 4.99 Å². The zero-order valence-corrected chi connectivity index (χ0v) is 16.5. The smallest absolute Gasteiger partial charge is 0.188 e. The fourth-order valence-corrected chi connectivity index (χ4v) is 4.18. The molecule has 0 radical (unpaired) electrons. The van der Waals surface area contributed by atoms with Crippen molar-refractivity contribution in [1.82, 2.24) is 0 Å². The second-order valence-electron chi connectivity index (χ2n) is 6.11. The van der Waals surface area contributed by atoms with Gasteiger partial charge in [0.2, 0.25) is 0 Å². The van der Waals surface area contributed by atoms with E-state index in [0.29, 0.717) is 8.58 Å². The molecule has 5 heteroatoms. The van der Waals surface area contributed by atoms with Crippen LogP contribution in [0.3, 0.4) is 0 Å². The molecular formula is C20H26NO3P. The summed E-state index contributed by atoms with van der Waals surface area (Å²) in [6.45, 7) is 4.63. The van der Waals surface area contributed by atoms with Gasteiger partial charge in [-0.2, -0.15) is 0 Å². The van der Waals surface area contributed by atoms with Crippen LogP contribution >= 0.6 is 8.58 Å². The summed E-state index contributed by atoms with van der Waals surface area (Å²) in [4.78, 5) is 4.17. The third-order valence-corrected chi connectivity index (χ3v) is 5.49. The predicted octanol–water partition coefficient (Wildman–Crippen LogP) is 3.97. The Morgan fingerprint density at radius 2 is 1.84 bits per heavy atom. The number of nitrogens with zero attached hydrogens (tertiary/aromatic N) is 1. The molecule has 0 aliphatic carbocycles. The molecule has 0 bridgehead atoms.